The van der Waals surface area contributed by atoms with E-state index in [2.05, 4.69) is 10.6 Å². The van der Waals surface area contributed by atoms with Crippen molar-refractivity contribution < 1.29 is 24.4 Å². The van der Waals surface area contributed by atoms with Gasteiger partial charge in [0.2, 0.25) is 11.8 Å². The molecule has 0 unspecified atom stereocenters. The number of hydrogen-bond donors (Lipinski definition) is 3. The number of nitrogens with one attached hydrogen (secondary N) is 2. The number of benzene rings is 2. The minimum atomic E-state index is -1.21. The molecule has 144 valence electrons. The molecule has 2 rings (SSSR count). The highest BCUT2D eigenvalue weighted by atomic mass is 32.2. The van der Waals surface area contributed by atoms with E-state index in [0.29, 0.717) is 11.4 Å². The van der Waals surface area contributed by atoms with Crippen LogP contribution in [0.3, 0.4) is 0 Å². The molecule has 0 saturated heterocycles. The summed E-state index contributed by atoms with van der Waals surface area (Å²) >= 11 is 1.27. The van der Waals surface area contributed by atoms with E-state index in [-0.39, 0.29) is 17.3 Å². The molecule has 0 saturated carbocycles. The van der Waals surface area contributed by atoms with Gasteiger partial charge in [0.25, 0.3) is 5.69 Å². The molecule has 0 radical (unpaired) electrons. The van der Waals surface area contributed by atoms with Gasteiger partial charge in [0.05, 0.1) is 10.7 Å². The molecule has 0 aromatic heterocycles. The van der Waals surface area contributed by atoms with Crippen LogP contribution in [0.2, 0.25) is 0 Å². The summed E-state index contributed by atoms with van der Waals surface area (Å²) in [5.41, 5.74) is 0.890. The van der Waals surface area contributed by atoms with E-state index in [1.807, 2.05) is 0 Å². The van der Waals surface area contributed by atoms with E-state index in [0.717, 1.165) is 17.0 Å². The molecule has 0 spiro atoms. The number of rotatable bonds is 8. The molecular weight excluding hydrogens is 386 g/mol. The Hall–Kier alpha value is -3.66. The smallest absolute Gasteiger partial charge is 0.328 e. The second-order valence-electron chi connectivity index (χ2n) is 5.33. The average molecular weight is 401 g/mol. The van der Waals surface area contributed by atoms with Crippen molar-refractivity contribution >= 4 is 46.6 Å². The molecular formula is C18H15N3O6S. The number of nitro groups is 1. The lowest BCUT2D eigenvalue weighted by Gasteiger charge is -2.06. The summed E-state index contributed by atoms with van der Waals surface area (Å²) in [7, 11) is 0. The number of nitrogens with zero attached hydrogens (tertiary/aromatic N) is 1. The number of anilines is 2. The second kappa shape index (κ2) is 9.88. The molecule has 0 fully saturated rings. The Morgan fingerprint density at radius 3 is 2.11 bits per heavy atom. The van der Waals surface area contributed by atoms with Crippen molar-refractivity contribution in [2.75, 3.05) is 16.4 Å². The summed E-state index contributed by atoms with van der Waals surface area (Å²) in [6, 6.07) is 12.2. The molecule has 10 heteroatoms. The maximum absolute atomic E-state index is 12.0. The number of amides is 2. The molecule has 2 aromatic carbocycles. The first-order valence-electron chi connectivity index (χ1n) is 7.82. The van der Waals surface area contributed by atoms with Crippen molar-refractivity contribution in [1.29, 1.82) is 0 Å². The Labute approximate surface area is 163 Å². The number of aliphatic carboxylic acids is 1. The van der Waals surface area contributed by atoms with Crippen LogP contribution in [0, 0.1) is 10.1 Å². The summed E-state index contributed by atoms with van der Waals surface area (Å²) in [5.74, 6) is -1.92. The Morgan fingerprint density at radius 2 is 1.54 bits per heavy atom. The fourth-order valence-electron chi connectivity index (χ4n) is 1.98. The number of nitro benzene ring substituents is 1. The van der Waals surface area contributed by atoms with Gasteiger partial charge in [0, 0.05) is 40.6 Å². The molecule has 0 aliphatic carbocycles. The van der Waals surface area contributed by atoms with Gasteiger partial charge >= 0.3 is 5.97 Å². The van der Waals surface area contributed by atoms with Crippen LogP contribution in [0.4, 0.5) is 17.1 Å². The van der Waals surface area contributed by atoms with E-state index in [9.17, 15) is 24.5 Å². The summed E-state index contributed by atoms with van der Waals surface area (Å²) in [5, 5.41) is 24.2. The highest BCUT2D eigenvalue weighted by molar-refractivity contribution is 8.00. The van der Waals surface area contributed by atoms with E-state index >= 15 is 0 Å². The van der Waals surface area contributed by atoms with Gasteiger partial charge in [0.15, 0.2) is 0 Å². The number of hydrogen-bond acceptors (Lipinski definition) is 6. The average Bonchev–Trinajstić information content (AvgIpc) is 2.66. The van der Waals surface area contributed by atoms with Gasteiger partial charge in [-0.05, 0) is 36.4 Å². The largest absolute Gasteiger partial charge is 0.478 e. The van der Waals surface area contributed by atoms with Crippen LogP contribution in [0.15, 0.2) is 65.6 Å². The van der Waals surface area contributed by atoms with Gasteiger partial charge in [-0.3, -0.25) is 19.7 Å². The van der Waals surface area contributed by atoms with Gasteiger partial charge in [-0.2, -0.15) is 0 Å². The van der Waals surface area contributed by atoms with Crippen LogP contribution in [-0.2, 0) is 14.4 Å². The predicted molar refractivity (Wildman–Crippen MR) is 104 cm³/mol. The van der Waals surface area contributed by atoms with Crippen LogP contribution in [0.5, 0.6) is 0 Å². The van der Waals surface area contributed by atoms with Crippen LogP contribution in [0.1, 0.15) is 0 Å². The van der Waals surface area contributed by atoms with Crippen molar-refractivity contribution in [3.05, 3.63) is 70.8 Å². The zero-order valence-electron chi connectivity index (χ0n) is 14.3. The van der Waals surface area contributed by atoms with Crippen LogP contribution in [-0.4, -0.2) is 33.6 Å². The predicted octanol–water partition coefficient (Wildman–Crippen LogP) is 2.90. The molecule has 2 amide bonds. The number of carboxylic acid groups (broad SMARTS) is 1. The quantitative estimate of drug-likeness (QED) is 0.267. The standard InChI is InChI=1S/C18H15N3O6S/c22-16(9-10-18(24)25)19-13-3-7-15(8-4-13)28-11-17(23)20-12-1-5-14(6-2-12)21(26)27/h1-10H,11H2,(H,19,22)(H,20,23)(H,24,25)/b10-9+. The van der Waals surface area contributed by atoms with Crippen LogP contribution < -0.4 is 10.6 Å². The zero-order chi connectivity index (χ0) is 20.5. The summed E-state index contributed by atoms with van der Waals surface area (Å²) in [6.45, 7) is 0. The maximum atomic E-state index is 12.0. The van der Waals surface area contributed by atoms with Gasteiger partial charge in [-0.15, -0.1) is 11.8 Å². The first-order valence-corrected chi connectivity index (χ1v) is 8.81. The van der Waals surface area contributed by atoms with Crippen molar-refractivity contribution in [3.8, 4) is 0 Å². The molecule has 0 bridgehead atoms. The summed E-state index contributed by atoms with van der Waals surface area (Å²) < 4.78 is 0. The SMILES string of the molecule is O=C(O)/C=C/C(=O)Nc1ccc(SCC(=O)Nc2ccc([N+](=O)[O-])cc2)cc1. The van der Waals surface area contributed by atoms with E-state index in [4.69, 9.17) is 5.11 Å². The van der Waals surface area contributed by atoms with E-state index in [1.54, 1.807) is 24.3 Å². The lowest BCUT2D eigenvalue weighted by Crippen LogP contribution is -2.13. The fraction of sp³-hybridized carbons (Fsp3) is 0.0556. The highest BCUT2D eigenvalue weighted by Crippen LogP contribution is 2.21. The number of carbonyl (C=O) groups is 3. The molecule has 0 atom stereocenters. The fourth-order valence-corrected chi connectivity index (χ4v) is 2.68. The second-order valence-corrected chi connectivity index (χ2v) is 6.37. The van der Waals surface area contributed by atoms with Crippen molar-refractivity contribution in [3.63, 3.8) is 0 Å². The first-order chi connectivity index (χ1) is 13.3. The Morgan fingerprint density at radius 1 is 0.964 bits per heavy atom. The van der Waals surface area contributed by atoms with Gasteiger partial charge in [-0.1, -0.05) is 0 Å². The third-order valence-electron chi connectivity index (χ3n) is 3.23. The lowest BCUT2D eigenvalue weighted by atomic mass is 10.3. The number of non-ortho nitro benzene ring substituents is 1. The van der Waals surface area contributed by atoms with Crippen molar-refractivity contribution in [2.24, 2.45) is 0 Å². The monoisotopic (exact) mass is 401 g/mol. The zero-order valence-corrected chi connectivity index (χ0v) is 15.1. The molecule has 9 nitrogen and oxygen atoms in total. The minimum absolute atomic E-state index is 0.0574. The van der Waals surface area contributed by atoms with E-state index < -0.39 is 16.8 Å². The lowest BCUT2D eigenvalue weighted by molar-refractivity contribution is -0.384. The Kier molecular flexibility index (Phi) is 7.28. The van der Waals surface area contributed by atoms with Crippen molar-refractivity contribution in [2.45, 2.75) is 4.90 Å². The molecule has 0 aliphatic heterocycles. The Balaban J connectivity index is 1.82. The third kappa shape index (κ3) is 6.92. The number of carbonyl (C=O) groups excluding carboxylic acids is 2. The van der Waals surface area contributed by atoms with Crippen molar-refractivity contribution in [1.82, 2.24) is 0 Å². The molecule has 2 aromatic rings. The summed E-state index contributed by atoms with van der Waals surface area (Å²) in [4.78, 5) is 44.7. The topological polar surface area (TPSA) is 139 Å². The van der Waals surface area contributed by atoms with Crippen LogP contribution >= 0.6 is 11.8 Å². The summed E-state index contributed by atoms with van der Waals surface area (Å²) in [6.07, 6.45) is 1.65. The molecule has 0 aliphatic rings. The van der Waals surface area contributed by atoms with Crippen LogP contribution in [0.25, 0.3) is 0 Å². The Bertz CT molecular complexity index is 910. The normalized spacial score (nSPS) is 10.4. The number of thioether (sulfide) groups is 1. The molecule has 3 N–H and O–H groups in total. The van der Waals surface area contributed by atoms with Gasteiger partial charge in [0.1, 0.15) is 0 Å². The minimum Gasteiger partial charge on any atom is -0.478 e. The third-order valence-corrected chi connectivity index (χ3v) is 4.24. The van der Waals surface area contributed by atoms with Gasteiger partial charge < -0.3 is 15.7 Å². The highest BCUT2D eigenvalue weighted by Gasteiger charge is 2.07. The first kappa shape index (κ1) is 20.6. The van der Waals surface area contributed by atoms with Gasteiger partial charge in [-0.25, -0.2) is 4.79 Å². The molecule has 0 heterocycles. The maximum Gasteiger partial charge on any atom is 0.328 e. The van der Waals surface area contributed by atoms with E-state index in [1.165, 1.54) is 36.0 Å². The number of carboxylic acids is 1. The molecule has 28 heavy (non-hydrogen) atoms.